The summed E-state index contributed by atoms with van der Waals surface area (Å²) in [5.41, 5.74) is 0.758. The van der Waals surface area contributed by atoms with Crippen molar-refractivity contribution in [3.8, 4) is 0 Å². The number of fused-ring (bicyclic) bond motifs is 3. The lowest BCUT2D eigenvalue weighted by Crippen LogP contribution is -2.53. The fraction of sp³-hybridized carbons (Fsp3) is 0.600. The molecule has 3 aliphatic rings. The van der Waals surface area contributed by atoms with Gasteiger partial charge in [-0.05, 0) is 42.5 Å². The van der Waals surface area contributed by atoms with Gasteiger partial charge in [-0.15, -0.1) is 11.3 Å². The highest BCUT2D eigenvalue weighted by Gasteiger charge is 2.58. The number of carbonyl (C=O) groups excluding carboxylic acids is 2. The van der Waals surface area contributed by atoms with Crippen LogP contribution in [0.3, 0.4) is 0 Å². The molecule has 2 aliphatic carbocycles. The van der Waals surface area contributed by atoms with E-state index in [2.05, 4.69) is 20.4 Å². The SMILES string of the molecule is C=C1C(=O)OC2C1CCC1(C)CCC(OC(=O)c3cccs3)C(C)C21. The summed E-state index contributed by atoms with van der Waals surface area (Å²) in [6, 6.07) is 3.65. The van der Waals surface area contributed by atoms with Gasteiger partial charge in [0.1, 0.15) is 17.1 Å². The van der Waals surface area contributed by atoms with E-state index in [4.69, 9.17) is 9.47 Å². The van der Waals surface area contributed by atoms with Crippen molar-refractivity contribution in [1.29, 1.82) is 0 Å². The molecule has 6 unspecified atom stereocenters. The van der Waals surface area contributed by atoms with Crippen molar-refractivity contribution >= 4 is 23.3 Å². The van der Waals surface area contributed by atoms with Gasteiger partial charge < -0.3 is 9.47 Å². The van der Waals surface area contributed by atoms with Crippen LogP contribution in [0.5, 0.6) is 0 Å². The van der Waals surface area contributed by atoms with E-state index < -0.39 is 0 Å². The Balaban J connectivity index is 1.56. The molecule has 4 nitrogen and oxygen atoms in total. The molecule has 0 bridgehead atoms. The second-order valence-electron chi connectivity index (χ2n) is 8.04. The minimum absolute atomic E-state index is 0.114. The van der Waals surface area contributed by atoms with Crippen molar-refractivity contribution in [2.45, 2.75) is 51.7 Å². The van der Waals surface area contributed by atoms with E-state index in [1.54, 1.807) is 6.07 Å². The molecule has 6 atom stereocenters. The summed E-state index contributed by atoms with van der Waals surface area (Å²) in [4.78, 5) is 25.1. The third kappa shape index (κ3) is 2.64. The lowest BCUT2D eigenvalue weighted by Gasteiger charge is -2.53. The summed E-state index contributed by atoms with van der Waals surface area (Å²) in [5.74, 6) is 0.0121. The number of hydrogen-bond acceptors (Lipinski definition) is 5. The molecule has 5 heteroatoms. The Morgan fingerprint density at radius 1 is 1.40 bits per heavy atom. The lowest BCUT2D eigenvalue weighted by molar-refractivity contribution is -0.159. The fourth-order valence-corrected chi connectivity index (χ4v) is 5.90. The molecule has 1 aromatic heterocycles. The molecule has 1 aromatic rings. The molecule has 25 heavy (non-hydrogen) atoms. The van der Waals surface area contributed by atoms with E-state index in [0.717, 1.165) is 25.7 Å². The molecule has 0 amide bonds. The maximum Gasteiger partial charge on any atom is 0.348 e. The zero-order valence-electron chi connectivity index (χ0n) is 14.7. The van der Waals surface area contributed by atoms with Crippen LogP contribution in [0, 0.1) is 23.2 Å². The number of hydrogen-bond donors (Lipinski definition) is 0. The van der Waals surface area contributed by atoms with Crippen LogP contribution in [0.1, 0.15) is 49.2 Å². The first kappa shape index (κ1) is 16.8. The van der Waals surface area contributed by atoms with Gasteiger partial charge in [0.05, 0.1) is 0 Å². The number of esters is 2. The Morgan fingerprint density at radius 3 is 2.88 bits per heavy atom. The number of ether oxygens (including phenoxy) is 2. The van der Waals surface area contributed by atoms with Crippen molar-refractivity contribution < 1.29 is 19.1 Å². The summed E-state index contributed by atoms with van der Waals surface area (Å²) in [5, 5.41) is 1.88. The van der Waals surface area contributed by atoms with E-state index in [9.17, 15) is 9.59 Å². The highest BCUT2D eigenvalue weighted by Crippen LogP contribution is 2.58. The van der Waals surface area contributed by atoms with Crippen LogP contribution in [0.4, 0.5) is 0 Å². The second kappa shape index (κ2) is 5.97. The molecule has 4 rings (SSSR count). The number of carbonyl (C=O) groups is 2. The summed E-state index contributed by atoms with van der Waals surface area (Å²) >= 11 is 1.40. The van der Waals surface area contributed by atoms with E-state index in [1.807, 2.05) is 11.4 Å². The molecular formula is C20H24O4S. The van der Waals surface area contributed by atoms with Gasteiger partial charge >= 0.3 is 11.9 Å². The standard InChI is InChI=1S/C20H24O4S/c1-11-13-6-8-20(3)9-7-14(23-19(22)15-5-4-10-25-15)12(2)16(20)17(13)24-18(11)21/h4-5,10,12-14,16-17H,1,6-9H2,2-3H3. The van der Waals surface area contributed by atoms with Crippen molar-refractivity contribution in [2.75, 3.05) is 0 Å². The summed E-state index contributed by atoms with van der Waals surface area (Å²) in [7, 11) is 0. The molecule has 1 aliphatic heterocycles. The Hall–Kier alpha value is -1.62. The van der Waals surface area contributed by atoms with Crippen LogP contribution in [0.25, 0.3) is 0 Å². The van der Waals surface area contributed by atoms with Gasteiger partial charge in [-0.1, -0.05) is 26.5 Å². The zero-order valence-corrected chi connectivity index (χ0v) is 15.5. The molecule has 134 valence electrons. The quantitative estimate of drug-likeness (QED) is 0.585. The topological polar surface area (TPSA) is 52.6 Å². The number of thiophene rings is 1. The van der Waals surface area contributed by atoms with Gasteiger partial charge in [-0.2, -0.15) is 0 Å². The lowest BCUT2D eigenvalue weighted by atomic mass is 9.53. The molecule has 2 saturated carbocycles. The van der Waals surface area contributed by atoms with Crippen molar-refractivity contribution in [3.05, 3.63) is 34.5 Å². The largest absolute Gasteiger partial charge is 0.458 e. The minimum Gasteiger partial charge on any atom is -0.458 e. The molecular weight excluding hydrogens is 336 g/mol. The van der Waals surface area contributed by atoms with Crippen LogP contribution in [-0.2, 0) is 14.3 Å². The predicted molar refractivity (Wildman–Crippen MR) is 95.3 cm³/mol. The smallest absolute Gasteiger partial charge is 0.348 e. The van der Waals surface area contributed by atoms with Gasteiger partial charge in [0, 0.05) is 23.3 Å². The Bertz CT molecular complexity index is 709. The summed E-state index contributed by atoms with van der Waals surface area (Å²) < 4.78 is 11.6. The van der Waals surface area contributed by atoms with E-state index in [1.165, 1.54) is 11.3 Å². The van der Waals surface area contributed by atoms with Crippen LogP contribution in [-0.4, -0.2) is 24.1 Å². The Labute approximate surface area is 152 Å². The third-order valence-corrected chi connectivity index (χ3v) is 7.52. The van der Waals surface area contributed by atoms with E-state index in [-0.39, 0.29) is 47.3 Å². The average Bonchev–Trinajstić information content (AvgIpc) is 3.20. The summed E-state index contributed by atoms with van der Waals surface area (Å²) in [6.45, 7) is 8.39. The molecule has 2 heterocycles. The van der Waals surface area contributed by atoms with E-state index >= 15 is 0 Å². The second-order valence-corrected chi connectivity index (χ2v) is 8.99. The van der Waals surface area contributed by atoms with Crippen molar-refractivity contribution in [1.82, 2.24) is 0 Å². The zero-order chi connectivity index (χ0) is 17.8. The Kier molecular flexibility index (Phi) is 4.02. The van der Waals surface area contributed by atoms with Crippen molar-refractivity contribution in [3.63, 3.8) is 0 Å². The molecule has 0 N–H and O–H groups in total. The van der Waals surface area contributed by atoms with Crippen LogP contribution in [0.2, 0.25) is 0 Å². The number of rotatable bonds is 2. The maximum absolute atomic E-state index is 12.4. The third-order valence-electron chi connectivity index (χ3n) is 6.67. The fourth-order valence-electron chi connectivity index (χ4n) is 5.29. The van der Waals surface area contributed by atoms with Crippen molar-refractivity contribution in [2.24, 2.45) is 23.2 Å². The highest BCUT2D eigenvalue weighted by molar-refractivity contribution is 7.11. The van der Waals surface area contributed by atoms with E-state index in [0.29, 0.717) is 10.5 Å². The molecule has 1 saturated heterocycles. The first-order chi connectivity index (χ1) is 11.9. The molecule has 0 aromatic carbocycles. The molecule has 0 spiro atoms. The summed E-state index contributed by atoms with van der Waals surface area (Å²) in [6.07, 6.45) is 3.67. The van der Waals surface area contributed by atoms with Crippen LogP contribution >= 0.6 is 11.3 Å². The van der Waals surface area contributed by atoms with Gasteiger partial charge in [0.25, 0.3) is 0 Å². The predicted octanol–water partition coefficient (Wildman–Crippen LogP) is 4.22. The van der Waals surface area contributed by atoms with Gasteiger partial charge in [-0.25, -0.2) is 9.59 Å². The monoisotopic (exact) mass is 360 g/mol. The molecule has 0 radical (unpaired) electrons. The van der Waals surface area contributed by atoms with Crippen LogP contribution in [0.15, 0.2) is 29.7 Å². The normalized spacial score (nSPS) is 40.2. The molecule has 3 fully saturated rings. The van der Waals surface area contributed by atoms with Gasteiger partial charge in [0.15, 0.2) is 0 Å². The van der Waals surface area contributed by atoms with Crippen LogP contribution < -0.4 is 0 Å². The maximum atomic E-state index is 12.4. The minimum atomic E-state index is -0.246. The Morgan fingerprint density at radius 2 is 2.16 bits per heavy atom. The average molecular weight is 360 g/mol. The van der Waals surface area contributed by atoms with Gasteiger partial charge in [-0.3, -0.25) is 0 Å². The first-order valence-electron chi connectivity index (χ1n) is 9.05. The first-order valence-corrected chi connectivity index (χ1v) is 9.93. The highest BCUT2D eigenvalue weighted by atomic mass is 32.1. The van der Waals surface area contributed by atoms with Gasteiger partial charge in [0.2, 0.25) is 0 Å².